The third kappa shape index (κ3) is 10.0. The summed E-state index contributed by atoms with van der Waals surface area (Å²) >= 11 is 6.58. The van der Waals surface area contributed by atoms with Gasteiger partial charge in [0.05, 0.1) is 28.8 Å². The molecule has 0 spiro atoms. The zero-order valence-electron chi connectivity index (χ0n) is 26.6. The average Bonchev–Trinajstić information content (AvgIpc) is 3.00. The van der Waals surface area contributed by atoms with Crippen molar-refractivity contribution in [1.82, 2.24) is 15.3 Å². The predicted octanol–water partition coefficient (Wildman–Crippen LogP) is 5.98. The number of halogens is 1. The SMILES string of the molecule is C[C@H](OC[C@H](C)N[C@H]1CC[C@H](Nc2cc(-c3cccc(NCC4(C#N)CCOCC4)n3)c(Cl)cn2)CC1)C(=O)OC(C)(C)C. The van der Waals surface area contributed by atoms with E-state index >= 15 is 0 Å². The van der Waals surface area contributed by atoms with Crippen LogP contribution in [0.5, 0.6) is 0 Å². The molecule has 1 aliphatic heterocycles. The van der Waals surface area contributed by atoms with Gasteiger partial charge in [0.15, 0.2) is 6.10 Å². The summed E-state index contributed by atoms with van der Waals surface area (Å²) in [6.07, 6.45) is 6.54. The maximum Gasteiger partial charge on any atom is 0.335 e. The van der Waals surface area contributed by atoms with E-state index in [4.69, 9.17) is 30.8 Å². The third-order valence-electron chi connectivity index (χ3n) is 8.11. The van der Waals surface area contributed by atoms with Gasteiger partial charge in [-0.15, -0.1) is 0 Å². The quantitative estimate of drug-likeness (QED) is 0.242. The molecule has 240 valence electrons. The Morgan fingerprint density at radius 1 is 1.16 bits per heavy atom. The molecule has 0 bridgehead atoms. The fourth-order valence-corrected chi connectivity index (χ4v) is 5.75. The van der Waals surface area contributed by atoms with Gasteiger partial charge in [-0.2, -0.15) is 5.26 Å². The number of carbonyl (C=O) groups is 1. The van der Waals surface area contributed by atoms with Crippen molar-refractivity contribution in [3.05, 3.63) is 35.5 Å². The summed E-state index contributed by atoms with van der Waals surface area (Å²) < 4.78 is 16.6. The Morgan fingerprint density at radius 3 is 2.55 bits per heavy atom. The van der Waals surface area contributed by atoms with Crippen molar-refractivity contribution < 1.29 is 19.0 Å². The highest BCUT2D eigenvalue weighted by molar-refractivity contribution is 6.33. The van der Waals surface area contributed by atoms with Crippen LogP contribution in [-0.4, -0.2) is 72.1 Å². The molecule has 1 saturated carbocycles. The number of pyridine rings is 2. The van der Waals surface area contributed by atoms with Gasteiger partial charge in [-0.25, -0.2) is 14.8 Å². The summed E-state index contributed by atoms with van der Waals surface area (Å²) in [5.74, 6) is 1.13. The van der Waals surface area contributed by atoms with Crippen molar-refractivity contribution in [1.29, 1.82) is 5.26 Å². The molecule has 4 rings (SSSR count). The number of nitrogens with one attached hydrogen (secondary N) is 3. The number of ether oxygens (including phenoxy) is 3. The van der Waals surface area contributed by atoms with Crippen molar-refractivity contribution in [2.45, 2.75) is 103 Å². The third-order valence-corrected chi connectivity index (χ3v) is 8.41. The second-order valence-electron chi connectivity index (χ2n) is 13.1. The van der Waals surface area contributed by atoms with Crippen molar-refractivity contribution >= 4 is 29.2 Å². The molecule has 2 aromatic heterocycles. The Kier molecular flexibility index (Phi) is 11.8. The van der Waals surface area contributed by atoms with E-state index < -0.39 is 17.1 Å². The minimum atomic E-state index is -0.600. The van der Waals surface area contributed by atoms with Gasteiger partial charge in [0.2, 0.25) is 0 Å². The molecular weight excluding hydrogens is 580 g/mol. The van der Waals surface area contributed by atoms with Gasteiger partial charge in [0, 0.05) is 49.6 Å². The summed E-state index contributed by atoms with van der Waals surface area (Å²) in [5, 5.41) is 20.9. The van der Waals surface area contributed by atoms with Gasteiger partial charge >= 0.3 is 5.97 Å². The highest BCUT2D eigenvalue weighted by Gasteiger charge is 2.32. The lowest BCUT2D eigenvalue weighted by Gasteiger charge is -2.32. The number of hydrogen-bond acceptors (Lipinski definition) is 10. The fourth-order valence-electron chi connectivity index (χ4n) is 5.55. The average molecular weight is 627 g/mol. The van der Waals surface area contributed by atoms with Crippen molar-refractivity contribution in [3.8, 4) is 17.3 Å². The largest absolute Gasteiger partial charge is 0.458 e. The molecule has 0 radical (unpaired) electrons. The molecule has 3 heterocycles. The number of anilines is 2. The number of esters is 1. The first kappa shape index (κ1) is 33.9. The van der Waals surface area contributed by atoms with E-state index in [1.807, 2.05) is 45.0 Å². The van der Waals surface area contributed by atoms with Gasteiger partial charge in [-0.1, -0.05) is 17.7 Å². The lowest BCUT2D eigenvalue weighted by atomic mass is 9.82. The van der Waals surface area contributed by atoms with E-state index in [2.05, 4.69) is 33.9 Å². The number of carbonyl (C=O) groups excluding carboxylic acids is 1. The monoisotopic (exact) mass is 626 g/mol. The maximum atomic E-state index is 12.2. The van der Waals surface area contributed by atoms with E-state index in [0.717, 1.165) is 42.8 Å². The molecule has 44 heavy (non-hydrogen) atoms. The first-order valence-electron chi connectivity index (χ1n) is 15.7. The van der Waals surface area contributed by atoms with Crippen LogP contribution >= 0.6 is 11.6 Å². The van der Waals surface area contributed by atoms with Crippen molar-refractivity contribution in [2.24, 2.45) is 5.41 Å². The second-order valence-corrected chi connectivity index (χ2v) is 13.5. The first-order valence-corrected chi connectivity index (χ1v) is 16.1. The highest BCUT2D eigenvalue weighted by Crippen LogP contribution is 2.32. The molecule has 1 saturated heterocycles. The lowest BCUT2D eigenvalue weighted by molar-refractivity contribution is -0.167. The number of hydrogen-bond donors (Lipinski definition) is 3. The molecule has 0 aromatic carbocycles. The van der Waals surface area contributed by atoms with Gasteiger partial charge in [0.25, 0.3) is 0 Å². The van der Waals surface area contributed by atoms with E-state index in [0.29, 0.717) is 62.1 Å². The number of aromatic nitrogens is 2. The zero-order chi connectivity index (χ0) is 31.7. The summed E-state index contributed by atoms with van der Waals surface area (Å²) in [4.78, 5) is 21.5. The summed E-state index contributed by atoms with van der Waals surface area (Å²) in [6.45, 7) is 11.5. The first-order chi connectivity index (χ1) is 20.9. The van der Waals surface area contributed by atoms with Gasteiger partial charge < -0.3 is 30.2 Å². The van der Waals surface area contributed by atoms with Crippen LogP contribution in [0.25, 0.3) is 11.3 Å². The zero-order valence-corrected chi connectivity index (χ0v) is 27.4. The van der Waals surface area contributed by atoms with Crippen LogP contribution in [0.3, 0.4) is 0 Å². The molecule has 0 amide bonds. The van der Waals surface area contributed by atoms with Crippen LogP contribution in [0.15, 0.2) is 30.5 Å². The van der Waals surface area contributed by atoms with E-state index in [9.17, 15) is 10.1 Å². The Bertz CT molecular complexity index is 1280. The number of nitrogens with zero attached hydrogens (tertiary/aromatic N) is 3. The molecule has 2 atom stereocenters. The predicted molar refractivity (Wildman–Crippen MR) is 173 cm³/mol. The summed E-state index contributed by atoms with van der Waals surface area (Å²) in [5.41, 5.74) is 0.580. The molecule has 10 nitrogen and oxygen atoms in total. The van der Waals surface area contributed by atoms with Crippen LogP contribution in [0.1, 0.15) is 73.1 Å². The summed E-state index contributed by atoms with van der Waals surface area (Å²) in [6, 6.07) is 11.0. The van der Waals surface area contributed by atoms with Crippen LogP contribution < -0.4 is 16.0 Å². The molecule has 2 aromatic rings. The van der Waals surface area contributed by atoms with E-state index in [1.165, 1.54) is 0 Å². The highest BCUT2D eigenvalue weighted by atomic mass is 35.5. The topological polar surface area (TPSA) is 130 Å². The number of rotatable bonds is 12. The Balaban J connectivity index is 1.26. The Morgan fingerprint density at radius 2 is 1.86 bits per heavy atom. The molecule has 1 aliphatic carbocycles. The minimum Gasteiger partial charge on any atom is -0.458 e. The molecule has 2 aliphatic rings. The van der Waals surface area contributed by atoms with Crippen molar-refractivity contribution in [2.75, 3.05) is 37.0 Å². The van der Waals surface area contributed by atoms with Gasteiger partial charge in [-0.3, -0.25) is 0 Å². The maximum absolute atomic E-state index is 12.2. The number of nitriles is 1. The van der Waals surface area contributed by atoms with Crippen LogP contribution in [0.2, 0.25) is 5.02 Å². The van der Waals surface area contributed by atoms with Crippen LogP contribution in [0, 0.1) is 16.7 Å². The molecule has 11 heteroatoms. The normalized spacial score (nSPS) is 21.5. The Labute approximate surface area is 266 Å². The van der Waals surface area contributed by atoms with Crippen LogP contribution in [0.4, 0.5) is 11.6 Å². The molecule has 3 N–H and O–H groups in total. The van der Waals surface area contributed by atoms with Crippen molar-refractivity contribution in [3.63, 3.8) is 0 Å². The minimum absolute atomic E-state index is 0.120. The standard InChI is InChI=1S/C33H47ClN6O4/c1-22(19-43-23(2)31(41)44-32(3,4)5)38-24-9-11-25(12-10-24)39-30-17-26(27(34)18-36-30)28-7-6-8-29(40-28)37-21-33(20-35)13-15-42-16-14-33/h6-8,17-18,22-25,38H,9-16,19,21H2,1-5H3,(H,36,39)(H,37,40)/t22-,23-,24-,25-/m0/s1. The second kappa shape index (κ2) is 15.3. The molecular formula is C33H47ClN6O4. The van der Waals surface area contributed by atoms with Gasteiger partial charge in [-0.05, 0) is 91.3 Å². The Hall–Kier alpha value is -2.97. The lowest BCUT2D eigenvalue weighted by Crippen LogP contribution is -2.44. The van der Waals surface area contributed by atoms with Crippen LogP contribution in [-0.2, 0) is 19.0 Å². The van der Waals surface area contributed by atoms with Gasteiger partial charge in [0.1, 0.15) is 17.2 Å². The molecule has 2 fully saturated rings. The fraction of sp³-hybridized carbons (Fsp3) is 0.636. The smallest absolute Gasteiger partial charge is 0.335 e. The van der Waals surface area contributed by atoms with E-state index in [-0.39, 0.29) is 12.0 Å². The molecule has 0 unspecified atom stereocenters. The van der Waals surface area contributed by atoms with E-state index in [1.54, 1.807) is 13.1 Å². The summed E-state index contributed by atoms with van der Waals surface area (Å²) in [7, 11) is 0.